The normalized spacial score (nSPS) is 12.4. The molecule has 2 aromatic rings. The van der Waals surface area contributed by atoms with Crippen LogP contribution in [0, 0.1) is 0 Å². The Balaban J connectivity index is 1.85. The van der Waals surface area contributed by atoms with Crippen LogP contribution in [0.1, 0.15) is 17.2 Å². The van der Waals surface area contributed by atoms with E-state index < -0.39 is 0 Å². The molecule has 0 radical (unpaired) electrons. The van der Waals surface area contributed by atoms with Crippen molar-refractivity contribution < 1.29 is 4.79 Å². The van der Waals surface area contributed by atoms with E-state index in [1.54, 1.807) is 0 Å². The highest BCUT2D eigenvalue weighted by atomic mass is 35.5. The van der Waals surface area contributed by atoms with Crippen LogP contribution >= 0.6 is 11.6 Å². The summed E-state index contributed by atoms with van der Waals surface area (Å²) in [6.45, 7) is 1.55. The van der Waals surface area contributed by atoms with Crippen molar-refractivity contribution in [3.8, 4) is 0 Å². The predicted octanol–water partition coefficient (Wildman–Crippen LogP) is 3.19. The number of carbonyl (C=O) groups excluding carboxylic acids is 1. The monoisotopic (exact) mass is 359 g/mol. The molecule has 2 aromatic carbocycles. The lowest BCUT2D eigenvalue weighted by Gasteiger charge is -2.25. The number of carbonyl (C=O) groups is 1. The van der Waals surface area contributed by atoms with Crippen molar-refractivity contribution in [1.82, 2.24) is 15.1 Å². The summed E-state index contributed by atoms with van der Waals surface area (Å²) in [4.78, 5) is 16.4. The second kappa shape index (κ2) is 9.56. The molecule has 2 rings (SSSR count). The van der Waals surface area contributed by atoms with Gasteiger partial charge in [-0.1, -0.05) is 60.1 Å². The lowest BCUT2D eigenvalue weighted by Crippen LogP contribution is -2.39. The number of rotatable bonds is 8. The zero-order valence-electron chi connectivity index (χ0n) is 15.1. The van der Waals surface area contributed by atoms with E-state index in [1.807, 2.05) is 68.5 Å². The molecule has 4 nitrogen and oxygen atoms in total. The first-order valence-electron chi connectivity index (χ1n) is 8.37. The Morgan fingerprint density at radius 1 is 1.04 bits per heavy atom. The number of benzene rings is 2. The van der Waals surface area contributed by atoms with Crippen LogP contribution in [-0.2, 0) is 11.3 Å². The van der Waals surface area contributed by atoms with Gasteiger partial charge in [-0.3, -0.25) is 9.69 Å². The van der Waals surface area contributed by atoms with Crippen molar-refractivity contribution in [3.05, 3.63) is 70.7 Å². The fraction of sp³-hybridized carbons (Fsp3) is 0.350. The Morgan fingerprint density at radius 2 is 1.68 bits per heavy atom. The molecule has 0 saturated carbocycles. The number of halogens is 1. The summed E-state index contributed by atoms with van der Waals surface area (Å²) in [5.74, 6) is 0.0114. The lowest BCUT2D eigenvalue weighted by molar-refractivity contribution is -0.122. The van der Waals surface area contributed by atoms with Crippen molar-refractivity contribution >= 4 is 17.5 Å². The molecule has 0 aliphatic rings. The highest BCUT2D eigenvalue weighted by molar-refractivity contribution is 6.31. The summed E-state index contributed by atoms with van der Waals surface area (Å²) in [6.07, 6.45) is 0. The Bertz CT molecular complexity index is 676. The molecule has 0 bridgehead atoms. The average Bonchev–Trinajstić information content (AvgIpc) is 2.57. The highest BCUT2D eigenvalue weighted by Gasteiger charge is 2.15. The maximum Gasteiger partial charge on any atom is 0.234 e. The van der Waals surface area contributed by atoms with Gasteiger partial charge in [0, 0.05) is 18.1 Å². The van der Waals surface area contributed by atoms with Gasteiger partial charge in [0.25, 0.3) is 0 Å². The molecule has 1 N–H and O–H groups in total. The van der Waals surface area contributed by atoms with Gasteiger partial charge in [0.1, 0.15) is 0 Å². The molecule has 1 unspecified atom stereocenters. The van der Waals surface area contributed by atoms with Gasteiger partial charge in [0.05, 0.1) is 12.6 Å². The third-order valence-electron chi connectivity index (χ3n) is 4.11. The lowest BCUT2D eigenvalue weighted by atomic mass is 10.1. The first-order valence-corrected chi connectivity index (χ1v) is 8.75. The van der Waals surface area contributed by atoms with Crippen LogP contribution in [-0.4, -0.2) is 49.9 Å². The topological polar surface area (TPSA) is 35.6 Å². The van der Waals surface area contributed by atoms with E-state index in [9.17, 15) is 4.79 Å². The van der Waals surface area contributed by atoms with Crippen molar-refractivity contribution in [2.45, 2.75) is 12.6 Å². The third-order valence-corrected chi connectivity index (χ3v) is 4.48. The predicted molar refractivity (Wildman–Crippen MR) is 104 cm³/mol. The molecule has 0 aliphatic carbocycles. The molecule has 1 amide bonds. The van der Waals surface area contributed by atoms with E-state index in [0.717, 1.165) is 10.6 Å². The van der Waals surface area contributed by atoms with E-state index in [1.165, 1.54) is 5.56 Å². The number of nitrogens with zero attached hydrogens (tertiary/aromatic N) is 2. The van der Waals surface area contributed by atoms with Gasteiger partial charge < -0.3 is 10.2 Å². The van der Waals surface area contributed by atoms with Gasteiger partial charge in [0.2, 0.25) is 5.91 Å². The van der Waals surface area contributed by atoms with Gasteiger partial charge in [-0.25, -0.2) is 0 Å². The second-order valence-electron chi connectivity index (χ2n) is 6.46. The van der Waals surface area contributed by atoms with E-state index in [-0.39, 0.29) is 11.9 Å². The molecule has 134 valence electrons. The summed E-state index contributed by atoms with van der Waals surface area (Å²) in [5, 5.41) is 3.77. The van der Waals surface area contributed by atoms with Crippen molar-refractivity contribution in [2.75, 3.05) is 34.2 Å². The Hall–Kier alpha value is -1.88. The standard InChI is InChI=1S/C20H26ClN3O/c1-23(2)19(16-9-5-4-6-10-16)13-22-20(25)15-24(3)14-17-11-7-8-12-18(17)21/h4-12,19H,13-15H2,1-3H3,(H,22,25). The largest absolute Gasteiger partial charge is 0.353 e. The molecular weight excluding hydrogens is 334 g/mol. The zero-order valence-corrected chi connectivity index (χ0v) is 15.8. The van der Waals surface area contributed by atoms with Crippen LogP contribution in [0.15, 0.2) is 54.6 Å². The van der Waals surface area contributed by atoms with Crippen LogP contribution in [0.4, 0.5) is 0 Å². The van der Waals surface area contributed by atoms with Crippen LogP contribution in [0.25, 0.3) is 0 Å². The van der Waals surface area contributed by atoms with E-state index in [0.29, 0.717) is 19.6 Å². The summed E-state index contributed by atoms with van der Waals surface area (Å²) >= 11 is 6.18. The van der Waals surface area contributed by atoms with E-state index in [4.69, 9.17) is 11.6 Å². The number of likely N-dealkylation sites (N-methyl/N-ethyl adjacent to an activating group) is 2. The quantitative estimate of drug-likeness (QED) is 0.786. The maximum atomic E-state index is 12.3. The van der Waals surface area contributed by atoms with Crippen molar-refractivity contribution in [1.29, 1.82) is 0 Å². The van der Waals surface area contributed by atoms with Crippen molar-refractivity contribution in [2.24, 2.45) is 0 Å². The van der Waals surface area contributed by atoms with Gasteiger partial charge >= 0.3 is 0 Å². The number of nitrogens with one attached hydrogen (secondary N) is 1. The zero-order chi connectivity index (χ0) is 18.2. The minimum absolute atomic E-state index is 0.0114. The molecule has 5 heteroatoms. The van der Waals surface area contributed by atoms with E-state index in [2.05, 4.69) is 22.3 Å². The third kappa shape index (κ3) is 6.16. The maximum absolute atomic E-state index is 12.3. The first kappa shape index (κ1) is 19.4. The van der Waals surface area contributed by atoms with Crippen LogP contribution < -0.4 is 5.32 Å². The number of hydrogen-bond acceptors (Lipinski definition) is 3. The summed E-state index contributed by atoms with van der Waals surface area (Å²) < 4.78 is 0. The SMILES string of the molecule is CN(CC(=O)NCC(c1ccccc1)N(C)C)Cc1ccccc1Cl. The Kier molecular flexibility index (Phi) is 7.44. The molecule has 0 spiro atoms. The first-order chi connectivity index (χ1) is 12.0. The average molecular weight is 360 g/mol. The molecule has 0 heterocycles. The smallest absolute Gasteiger partial charge is 0.234 e. The molecule has 0 fully saturated rings. The fourth-order valence-corrected chi connectivity index (χ4v) is 2.95. The van der Waals surface area contributed by atoms with Gasteiger partial charge in [0.15, 0.2) is 0 Å². The van der Waals surface area contributed by atoms with Crippen LogP contribution in [0.2, 0.25) is 5.02 Å². The minimum atomic E-state index is 0.0114. The molecular formula is C20H26ClN3O. The number of amides is 1. The molecule has 0 aromatic heterocycles. The van der Waals surface area contributed by atoms with Crippen LogP contribution in [0.5, 0.6) is 0 Å². The van der Waals surface area contributed by atoms with Gasteiger partial charge in [-0.05, 0) is 38.3 Å². The van der Waals surface area contributed by atoms with Crippen molar-refractivity contribution in [3.63, 3.8) is 0 Å². The fourth-order valence-electron chi connectivity index (χ4n) is 2.76. The second-order valence-corrected chi connectivity index (χ2v) is 6.87. The molecule has 1 atom stereocenters. The van der Waals surface area contributed by atoms with Gasteiger partial charge in [-0.15, -0.1) is 0 Å². The summed E-state index contributed by atoms with van der Waals surface area (Å²) in [6, 6.07) is 18.1. The van der Waals surface area contributed by atoms with Crippen LogP contribution in [0.3, 0.4) is 0 Å². The highest BCUT2D eigenvalue weighted by Crippen LogP contribution is 2.17. The Morgan fingerprint density at radius 3 is 2.32 bits per heavy atom. The number of hydrogen-bond donors (Lipinski definition) is 1. The van der Waals surface area contributed by atoms with Gasteiger partial charge in [-0.2, -0.15) is 0 Å². The molecule has 25 heavy (non-hydrogen) atoms. The van der Waals surface area contributed by atoms with E-state index >= 15 is 0 Å². The molecule has 0 aliphatic heterocycles. The Labute approximate surface area is 155 Å². The minimum Gasteiger partial charge on any atom is -0.353 e. The summed E-state index contributed by atoms with van der Waals surface area (Å²) in [5.41, 5.74) is 2.21. The molecule has 0 saturated heterocycles. The summed E-state index contributed by atoms with van der Waals surface area (Å²) in [7, 11) is 5.96.